The van der Waals surface area contributed by atoms with E-state index in [1.165, 1.54) is 0 Å². The van der Waals surface area contributed by atoms with Gasteiger partial charge in [0.05, 0.1) is 0 Å². The molecule has 0 aliphatic carbocycles. The molecule has 1 nitrogen and oxygen atoms in total. The second kappa shape index (κ2) is 1.52. The van der Waals surface area contributed by atoms with Crippen LogP contribution in [0.1, 0.15) is 0 Å². The third-order valence-electron chi connectivity index (χ3n) is 0. The summed E-state index contributed by atoms with van der Waals surface area (Å²) in [5.74, 6) is 0. The molecule has 0 aliphatic heterocycles. The predicted octanol–water partition coefficient (Wildman–Crippen LogP) is 2.48. The van der Waals surface area contributed by atoms with Crippen LogP contribution in [0.25, 0.3) is 0 Å². The van der Waals surface area contributed by atoms with Crippen molar-refractivity contribution in [3.8, 4) is 0 Å². The molecule has 7 heavy (non-hydrogen) atoms. The summed E-state index contributed by atoms with van der Waals surface area (Å²) in [5.41, 5.74) is 0. The molecular formula is F5NP. The molecule has 0 saturated carbocycles. The summed E-state index contributed by atoms with van der Waals surface area (Å²) in [7, 11) is -8.55. The van der Waals surface area contributed by atoms with Crippen molar-refractivity contribution in [1.82, 2.24) is 6.15 Å². The molecule has 0 amide bonds. The Kier molecular flexibility index (Phi) is 2.20. The van der Waals surface area contributed by atoms with E-state index in [9.17, 15) is 21.0 Å². The molecule has 45 valence electrons. The fraction of sp³-hybridized carbons (Fsp3) is 0. The van der Waals surface area contributed by atoms with Crippen LogP contribution in [0, 0.1) is 0 Å². The van der Waals surface area contributed by atoms with Crippen molar-refractivity contribution in [2.24, 2.45) is 0 Å². The van der Waals surface area contributed by atoms with Gasteiger partial charge < -0.3 is 0 Å². The zero-order chi connectivity index (χ0) is 5.45. The summed E-state index contributed by atoms with van der Waals surface area (Å²) in [4.78, 5) is 0. The predicted molar refractivity (Wildman–Crippen MR) is 14.6 cm³/mol. The van der Waals surface area contributed by atoms with Gasteiger partial charge >= 0.3 is 29.1 Å². The third-order valence-corrected chi connectivity index (χ3v) is 0. The minimum Gasteiger partial charge on any atom is 0 e. The molecule has 3 radical (unpaired) electrons. The smallest absolute Gasteiger partial charge is 0 e. The van der Waals surface area contributed by atoms with E-state index in [4.69, 9.17) is 0 Å². The molecule has 0 atom stereocenters. The van der Waals surface area contributed by atoms with E-state index in [1.807, 2.05) is 0 Å². The molecule has 0 aliphatic rings. The first kappa shape index (κ1) is 10.1. The average molecular weight is 140 g/mol. The third kappa shape index (κ3) is 61600. The molecular weight excluding hydrogens is 140 g/mol. The Bertz CT molecular complexity index is 41.3. The van der Waals surface area contributed by atoms with E-state index in [0.717, 1.165) is 0 Å². The van der Waals surface area contributed by atoms with Crippen LogP contribution in [0.2, 0.25) is 0 Å². The van der Waals surface area contributed by atoms with Crippen LogP contribution in [0.15, 0.2) is 0 Å². The van der Waals surface area contributed by atoms with E-state index in [-0.39, 0.29) is 6.15 Å². The molecule has 7 heteroatoms. The molecule has 0 saturated heterocycles. The van der Waals surface area contributed by atoms with Crippen molar-refractivity contribution in [2.75, 3.05) is 0 Å². The van der Waals surface area contributed by atoms with E-state index in [0.29, 0.717) is 0 Å². The van der Waals surface area contributed by atoms with E-state index >= 15 is 0 Å². The first-order valence-corrected chi connectivity index (χ1v) is 2.54. The zero-order valence-electron chi connectivity index (χ0n) is 2.78. The average Bonchev–Trinajstić information content (AvgIpc) is 0.650. The molecule has 0 bridgehead atoms. The second-order valence-corrected chi connectivity index (χ2v) is 1.92. The van der Waals surface area contributed by atoms with Gasteiger partial charge in [-0.05, 0) is 0 Å². The van der Waals surface area contributed by atoms with Gasteiger partial charge in [0.25, 0.3) is 0 Å². The molecule has 0 spiro atoms. The number of halogens is 5. The van der Waals surface area contributed by atoms with Crippen LogP contribution in [-0.2, 0) is 0 Å². The maximum absolute atomic E-state index is 9.84. The maximum atomic E-state index is 9.84. The molecule has 0 unspecified atom stereocenters. The van der Waals surface area contributed by atoms with Gasteiger partial charge in [0, 0.05) is 6.15 Å². The van der Waals surface area contributed by atoms with Gasteiger partial charge in [-0.3, -0.25) is 0 Å². The summed E-state index contributed by atoms with van der Waals surface area (Å²) >= 11 is 0. The summed E-state index contributed by atoms with van der Waals surface area (Å²) in [5, 5.41) is 0. The van der Waals surface area contributed by atoms with E-state index in [2.05, 4.69) is 0 Å². The van der Waals surface area contributed by atoms with E-state index in [1.54, 1.807) is 0 Å². The van der Waals surface area contributed by atoms with Crippen LogP contribution in [0.5, 0.6) is 0 Å². The van der Waals surface area contributed by atoms with Crippen molar-refractivity contribution in [2.45, 2.75) is 0 Å². The van der Waals surface area contributed by atoms with Crippen LogP contribution in [0.3, 0.4) is 0 Å². The van der Waals surface area contributed by atoms with Gasteiger partial charge in [-0.2, -0.15) is 0 Å². The van der Waals surface area contributed by atoms with Crippen molar-refractivity contribution in [3.05, 3.63) is 0 Å². The SMILES string of the molecule is FP(F)(F)(F)F.[N]. The van der Waals surface area contributed by atoms with Gasteiger partial charge in [-0.15, -0.1) is 0 Å². The Hall–Kier alpha value is 0.0400. The summed E-state index contributed by atoms with van der Waals surface area (Å²) in [6.45, 7) is 0. The quantitative estimate of drug-likeness (QED) is 0.365. The van der Waals surface area contributed by atoms with Crippen molar-refractivity contribution in [3.63, 3.8) is 0 Å². The molecule has 0 rings (SSSR count). The topological polar surface area (TPSA) is 30.5 Å². The zero-order valence-corrected chi connectivity index (χ0v) is 3.68. The summed E-state index contributed by atoms with van der Waals surface area (Å²) in [6, 6.07) is 0. The summed E-state index contributed by atoms with van der Waals surface area (Å²) < 4.78 is 49.2. The Labute approximate surface area is 36.6 Å². The molecule has 0 aromatic heterocycles. The van der Waals surface area contributed by atoms with Crippen LogP contribution < -0.4 is 6.15 Å². The van der Waals surface area contributed by atoms with Crippen LogP contribution >= 0.6 is 8.16 Å². The van der Waals surface area contributed by atoms with Crippen LogP contribution in [0.4, 0.5) is 21.0 Å². The largest absolute Gasteiger partial charge is 0 e. The first-order valence-electron chi connectivity index (χ1n) is 0.845. The first-order chi connectivity index (χ1) is 2.24. The molecule has 0 N–H and O–H groups in total. The number of rotatable bonds is 0. The van der Waals surface area contributed by atoms with Crippen molar-refractivity contribution < 1.29 is 21.0 Å². The fourth-order valence-corrected chi connectivity index (χ4v) is 0. The van der Waals surface area contributed by atoms with Crippen LogP contribution in [-0.4, -0.2) is 0 Å². The maximum Gasteiger partial charge on any atom is 0 e. The Morgan fingerprint density at radius 2 is 0.714 bits per heavy atom. The Balaban J connectivity index is 0. The number of hydrogen-bond acceptors (Lipinski definition) is 0. The molecule has 0 fully saturated rings. The number of hydrogen-bond donors (Lipinski definition) is 0. The standard InChI is InChI=1S/F5P.N/c1-6(2,3,4)5;. The minimum absolute atomic E-state index is 0. The van der Waals surface area contributed by atoms with Gasteiger partial charge in [-0.25, -0.2) is 0 Å². The van der Waals surface area contributed by atoms with Crippen molar-refractivity contribution in [1.29, 1.82) is 0 Å². The Morgan fingerprint density at radius 3 is 0.714 bits per heavy atom. The van der Waals surface area contributed by atoms with Gasteiger partial charge in [0.15, 0.2) is 0 Å². The molecule has 0 aromatic carbocycles. The normalized spacial score (nSPS) is 16.4. The fourth-order valence-electron chi connectivity index (χ4n) is 0. The Morgan fingerprint density at radius 1 is 0.714 bits per heavy atom. The monoisotopic (exact) mass is 140 g/mol. The number of nitrogens with zero attached hydrogens (tertiary/aromatic N) is 1. The summed E-state index contributed by atoms with van der Waals surface area (Å²) in [6.07, 6.45) is 0. The molecule has 0 heterocycles. The van der Waals surface area contributed by atoms with Gasteiger partial charge in [0.1, 0.15) is 0 Å². The van der Waals surface area contributed by atoms with E-state index < -0.39 is 8.16 Å². The van der Waals surface area contributed by atoms with Crippen molar-refractivity contribution >= 4 is 8.16 Å². The van der Waals surface area contributed by atoms with Gasteiger partial charge in [-0.1, -0.05) is 0 Å². The minimum atomic E-state index is -8.55. The molecule has 0 aromatic rings. The second-order valence-electron chi connectivity index (χ2n) is 0.639. The van der Waals surface area contributed by atoms with Gasteiger partial charge in [0.2, 0.25) is 0 Å².